The topological polar surface area (TPSA) is 51.0 Å². The van der Waals surface area contributed by atoms with Gasteiger partial charge in [0.25, 0.3) is 0 Å². The summed E-state index contributed by atoms with van der Waals surface area (Å²) in [7, 11) is 0. The standard InChI is InChI=1S/C11H12ClN3O/c1-8(7-9-3-2-6-16-9)15-11-10(12)13-4-5-14-11/h2-6,8H,7H2,1H3,(H,14,15). The summed E-state index contributed by atoms with van der Waals surface area (Å²) in [5.41, 5.74) is 0. The second-order valence-electron chi connectivity index (χ2n) is 3.52. The van der Waals surface area contributed by atoms with Crippen LogP contribution in [0.2, 0.25) is 5.15 Å². The van der Waals surface area contributed by atoms with Crippen molar-refractivity contribution >= 4 is 17.4 Å². The predicted molar refractivity (Wildman–Crippen MR) is 62.5 cm³/mol. The molecule has 0 radical (unpaired) electrons. The summed E-state index contributed by atoms with van der Waals surface area (Å²) in [4.78, 5) is 8.06. The molecule has 4 nitrogen and oxygen atoms in total. The van der Waals surface area contributed by atoms with Crippen molar-refractivity contribution in [2.45, 2.75) is 19.4 Å². The molecule has 2 aromatic heterocycles. The Morgan fingerprint density at radius 3 is 2.94 bits per heavy atom. The molecule has 0 fully saturated rings. The third-order valence-electron chi connectivity index (χ3n) is 2.12. The Balaban J connectivity index is 1.97. The van der Waals surface area contributed by atoms with E-state index < -0.39 is 0 Å². The van der Waals surface area contributed by atoms with Gasteiger partial charge in [-0.15, -0.1) is 0 Å². The lowest BCUT2D eigenvalue weighted by Gasteiger charge is -2.13. The number of nitrogens with zero attached hydrogens (tertiary/aromatic N) is 2. The molecule has 0 aromatic carbocycles. The fourth-order valence-corrected chi connectivity index (χ4v) is 1.59. The van der Waals surface area contributed by atoms with E-state index in [1.54, 1.807) is 18.7 Å². The summed E-state index contributed by atoms with van der Waals surface area (Å²) in [5.74, 6) is 1.53. The second kappa shape index (κ2) is 4.99. The Morgan fingerprint density at radius 1 is 1.44 bits per heavy atom. The van der Waals surface area contributed by atoms with E-state index in [4.69, 9.17) is 16.0 Å². The van der Waals surface area contributed by atoms with Crippen LogP contribution in [0.1, 0.15) is 12.7 Å². The van der Waals surface area contributed by atoms with Crippen molar-refractivity contribution in [2.75, 3.05) is 5.32 Å². The molecule has 5 heteroatoms. The normalized spacial score (nSPS) is 12.4. The molecule has 1 unspecified atom stereocenters. The van der Waals surface area contributed by atoms with Crippen LogP contribution in [-0.2, 0) is 6.42 Å². The summed E-state index contributed by atoms with van der Waals surface area (Å²) in [6, 6.07) is 3.99. The molecule has 0 aliphatic carbocycles. The minimum Gasteiger partial charge on any atom is -0.469 e. The summed E-state index contributed by atoms with van der Waals surface area (Å²) in [6.07, 6.45) is 5.61. The predicted octanol–water partition coefficient (Wildman–Crippen LogP) is 2.77. The first-order valence-corrected chi connectivity index (χ1v) is 5.39. The van der Waals surface area contributed by atoms with E-state index in [1.807, 2.05) is 19.1 Å². The van der Waals surface area contributed by atoms with E-state index >= 15 is 0 Å². The van der Waals surface area contributed by atoms with Crippen molar-refractivity contribution in [1.29, 1.82) is 0 Å². The quantitative estimate of drug-likeness (QED) is 0.889. The zero-order chi connectivity index (χ0) is 11.4. The average molecular weight is 238 g/mol. The van der Waals surface area contributed by atoms with Crippen molar-refractivity contribution in [2.24, 2.45) is 0 Å². The molecule has 2 heterocycles. The molecule has 0 bridgehead atoms. The zero-order valence-electron chi connectivity index (χ0n) is 8.85. The molecule has 0 spiro atoms. The smallest absolute Gasteiger partial charge is 0.171 e. The van der Waals surface area contributed by atoms with Crippen molar-refractivity contribution in [3.05, 3.63) is 41.7 Å². The number of halogens is 1. The minimum absolute atomic E-state index is 0.181. The summed E-state index contributed by atoms with van der Waals surface area (Å²) in [5, 5.41) is 3.57. The lowest BCUT2D eigenvalue weighted by atomic mass is 10.2. The molecule has 1 N–H and O–H groups in total. The largest absolute Gasteiger partial charge is 0.469 e. The number of anilines is 1. The summed E-state index contributed by atoms with van der Waals surface area (Å²) in [6.45, 7) is 2.04. The fourth-order valence-electron chi connectivity index (χ4n) is 1.43. The van der Waals surface area contributed by atoms with E-state index in [0.717, 1.165) is 12.2 Å². The van der Waals surface area contributed by atoms with Crippen LogP contribution in [0.4, 0.5) is 5.82 Å². The molecule has 0 aliphatic heterocycles. The number of hydrogen-bond acceptors (Lipinski definition) is 4. The lowest BCUT2D eigenvalue weighted by molar-refractivity contribution is 0.497. The van der Waals surface area contributed by atoms with Gasteiger partial charge in [-0.1, -0.05) is 11.6 Å². The molecule has 16 heavy (non-hydrogen) atoms. The third-order valence-corrected chi connectivity index (χ3v) is 2.40. The highest BCUT2D eigenvalue weighted by Gasteiger charge is 2.08. The monoisotopic (exact) mass is 237 g/mol. The van der Waals surface area contributed by atoms with Gasteiger partial charge in [-0.05, 0) is 19.1 Å². The van der Waals surface area contributed by atoms with Crippen LogP contribution in [0, 0.1) is 0 Å². The lowest BCUT2D eigenvalue weighted by Crippen LogP contribution is -2.19. The van der Waals surface area contributed by atoms with Gasteiger partial charge < -0.3 is 9.73 Å². The van der Waals surface area contributed by atoms with Gasteiger partial charge >= 0.3 is 0 Å². The van der Waals surface area contributed by atoms with Gasteiger partial charge in [0, 0.05) is 24.9 Å². The molecule has 2 aromatic rings. The first-order valence-electron chi connectivity index (χ1n) is 5.01. The first-order chi connectivity index (χ1) is 7.75. The molecule has 2 rings (SSSR count). The highest BCUT2D eigenvalue weighted by atomic mass is 35.5. The van der Waals surface area contributed by atoms with Crippen LogP contribution < -0.4 is 5.32 Å². The molecular weight excluding hydrogens is 226 g/mol. The third kappa shape index (κ3) is 2.73. The Kier molecular flexibility index (Phi) is 3.41. The molecule has 0 saturated carbocycles. The molecule has 84 valence electrons. The van der Waals surface area contributed by atoms with Crippen molar-refractivity contribution in [3.63, 3.8) is 0 Å². The van der Waals surface area contributed by atoms with Crippen LogP contribution in [0.25, 0.3) is 0 Å². The van der Waals surface area contributed by atoms with Gasteiger partial charge in [0.05, 0.1) is 6.26 Å². The van der Waals surface area contributed by atoms with Gasteiger partial charge in [0.15, 0.2) is 11.0 Å². The van der Waals surface area contributed by atoms with Crippen LogP contribution in [0.15, 0.2) is 35.2 Å². The van der Waals surface area contributed by atoms with E-state index in [2.05, 4.69) is 15.3 Å². The van der Waals surface area contributed by atoms with E-state index in [1.165, 1.54) is 0 Å². The van der Waals surface area contributed by atoms with Gasteiger partial charge in [-0.3, -0.25) is 0 Å². The molecule has 0 saturated heterocycles. The van der Waals surface area contributed by atoms with Crippen molar-refractivity contribution in [1.82, 2.24) is 9.97 Å². The maximum Gasteiger partial charge on any atom is 0.171 e. The Labute approximate surface area is 98.7 Å². The van der Waals surface area contributed by atoms with Crippen molar-refractivity contribution in [3.8, 4) is 0 Å². The number of furan rings is 1. The van der Waals surface area contributed by atoms with Gasteiger partial charge in [0.1, 0.15) is 5.76 Å². The average Bonchev–Trinajstić information content (AvgIpc) is 2.74. The summed E-state index contributed by atoms with van der Waals surface area (Å²) < 4.78 is 5.26. The highest BCUT2D eigenvalue weighted by molar-refractivity contribution is 6.31. The maximum atomic E-state index is 5.89. The van der Waals surface area contributed by atoms with Crippen LogP contribution in [-0.4, -0.2) is 16.0 Å². The second-order valence-corrected chi connectivity index (χ2v) is 3.88. The van der Waals surface area contributed by atoms with Gasteiger partial charge in [-0.2, -0.15) is 0 Å². The Hall–Kier alpha value is -1.55. The number of rotatable bonds is 4. The van der Waals surface area contributed by atoms with Crippen molar-refractivity contribution < 1.29 is 4.42 Å². The fraction of sp³-hybridized carbons (Fsp3) is 0.273. The SMILES string of the molecule is CC(Cc1ccco1)Nc1nccnc1Cl. The molecule has 0 amide bonds. The van der Waals surface area contributed by atoms with Crippen LogP contribution in [0.5, 0.6) is 0 Å². The van der Waals surface area contributed by atoms with Gasteiger partial charge in [-0.25, -0.2) is 9.97 Å². The van der Waals surface area contributed by atoms with E-state index in [9.17, 15) is 0 Å². The number of hydrogen-bond donors (Lipinski definition) is 1. The molecule has 1 atom stereocenters. The minimum atomic E-state index is 0.181. The molecule has 0 aliphatic rings. The maximum absolute atomic E-state index is 5.89. The summed E-state index contributed by atoms with van der Waals surface area (Å²) >= 11 is 5.89. The number of nitrogens with one attached hydrogen (secondary N) is 1. The van der Waals surface area contributed by atoms with Crippen LogP contribution >= 0.6 is 11.6 Å². The Bertz CT molecular complexity index is 444. The van der Waals surface area contributed by atoms with Gasteiger partial charge in [0.2, 0.25) is 0 Å². The highest BCUT2D eigenvalue weighted by Crippen LogP contribution is 2.16. The van der Waals surface area contributed by atoms with Crippen LogP contribution in [0.3, 0.4) is 0 Å². The first kappa shape index (κ1) is 11.0. The zero-order valence-corrected chi connectivity index (χ0v) is 9.61. The van der Waals surface area contributed by atoms with E-state index in [0.29, 0.717) is 11.0 Å². The number of aromatic nitrogens is 2. The van der Waals surface area contributed by atoms with E-state index in [-0.39, 0.29) is 6.04 Å². The molecular formula is C11H12ClN3O. The Morgan fingerprint density at radius 2 is 2.25 bits per heavy atom.